The molecule has 1 unspecified atom stereocenters. The van der Waals surface area contributed by atoms with E-state index in [1.54, 1.807) is 13.0 Å². The highest BCUT2D eigenvalue weighted by molar-refractivity contribution is 5.30. The molecule has 2 nitrogen and oxygen atoms in total. The Morgan fingerprint density at radius 2 is 2.00 bits per heavy atom. The summed E-state index contributed by atoms with van der Waals surface area (Å²) in [6.07, 6.45) is -5.09. The second-order valence-corrected chi connectivity index (χ2v) is 3.93. The summed E-state index contributed by atoms with van der Waals surface area (Å²) >= 11 is 0. The molecule has 1 rings (SSSR count). The van der Waals surface area contributed by atoms with Gasteiger partial charge in [0.1, 0.15) is 0 Å². The zero-order valence-corrected chi connectivity index (χ0v) is 10.1. The lowest BCUT2D eigenvalue weighted by Gasteiger charge is -2.15. The summed E-state index contributed by atoms with van der Waals surface area (Å²) in [5.41, 5.74) is 0.579. The third-order valence-electron chi connectivity index (χ3n) is 2.53. The van der Waals surface area contributed by atoms with Gasteiger partial charge in [-0.25, -0.2) is 4.39 Å². The van der Waals surface area contributed by atoms with Gasteiger partial charge in [-0.05, 0) is 24.6 Å². The van der Waals surface area contributed by atoms with Crippen LogP contribution in [-0.4, -0.2) is 19.8 Å². The van der Waals surface area contributed by atoms with E-state index in [9.17, 15) is 17.6 Å². The van der Waals surface area contributed by atoms with Crippen molar-refractivity contribution in [3.05, 3.63) is 29.6 Å². The van der Waals surface area contributed by atoms with E-state index in [0.717, 1.165) is 0 Å². The van der Waals surface area contributed by atoms with Gasteiger partial charge in [0.15, 0.2) is 11.6 Å². The van der Waals surface area contributed by atoms with Gasteiger partial charge in [0, 0.05) is 12.6 Å². The highest BCUT2D eigenvalue weighted by Gasteiger charge is 2.26. The lowest BCUT2D eigenvalue weighted by Crippen LogP contribution is -2.24. The van der Waals surface area contributed by atoms with Crippen LogP contribution >= 0.6 is 0 Å². The van der Waals surface area contributed by atoms with Gasteiger partial charge < -0.3 is 10.1 Å². The van der Waals surface area contributed by atoms with Crippen LogP contribution in [0, 0.1) is 5.82 Å². The van der Waals surface area contributed by atoms with Crippen LogP contribution in [-0.2, 0) is 0 Å². The molecule has 0 heterocycles. The number of methoxy groups -OCH3 is 1. The predicted octanol–water partition coefficient (Wildman–Crippen LogP) is 3.44. The first kappa shape index (κ1) is 14.8. The number of halogens is 4. The van der Waals surface area contributed by atoms with Gasteiger partial charge >= 0.3 is 6.18 Å². The molecule has 18 heavy (non-hydrogen) atoms. The Morgan fingerprint density at radius 1 is 1.33 bits per heavy atom. The third-order valence-corrected chi connectivity index (χ3v) is 2.53. The average molecular weight is 265 g/mol. The molecule has 1 N–H and O–H groups in total. The van der Waals surface area contributed by atoms with Gasteiger partial charge in [0.05, 0.1) is 13.5 Å². The van der Waals surface area contributed by atoms with Gasteiger partial charge in [-0.3, -0.25) is 0 Å². The fourth-order valence-corrected chi connectivity index (χ4v) is 1.50. The summed E-state index contributed by atoms with van der Waals surface area (Å²) in [7, 11) is 1.35. The molecule has 0 bridgehead atoms. The van der Waals surface area contributed by atoms with E-state index in [0.29, 0.717) is 5.56 Å². The third kappa shape index (κ3) is 4.52. The molecule has 0 fully saturated rings. The SMILES string of the molecule is COc1ccc(C(C)NCCC(F)(F)F)cc1F. The molecule has 0 saturated carbocycles. The number of hydrogen-bond donors (Lipinski definition) is 1. The van der Waals surface area contributed by atoms with Gasteiger partial charge in [-0.2, -0.15) is 13.2 Å². The highest BCUT2D eigenvalue weighted by atomic mass is 19.4. The molecule has 0 aliphatic rings. The first-order chi connectivity index (χ1) is 8.33. The molecule has 1 atom stereocenters. The second kappa shape index (κ2) is 6.04. The van der Waals surface area contributed by atoms with Gasteiger partial charge in [0.2, 0.25) is 0 Å². The van der Waals surface area contributed by atoms with Crippen molar-refractivity contribution in [1.29, 1.82) is 0 Å². The smallest absolute Gasteiger partial charge is 0.390 e. The Balaban J connectivity index is 2.56. The summed E-state index contributed by atoms with van der Waals surface area (Å²) in [5.74, 6) is -0.416. The van der Waals surface area contributed by atoms with E-state index in [2.05, 4.69) is 5.32 Å². The highest BCUT2D eigenvalue weighted by Crippen LogP contribution is 2.22. The molecule has 0 aromatic heterocycles. The Kier molecular flexibility index (Phi) is 4.95. The van der Waals surface area contributed by atoms with E-state index in [4.69, 9.17) is 4.74 Å². The normalized spacial score (nSPS) is 13.4. The molecule has 0 aliphatic carbocycles. The minimum atomic E-state index is -4.18. The molecule has 0 saturated heterocycles. The first-order valence-corrected chi connectivity index (χ1v) is 5.47. The van der Waals surface area contributed by atoms with Crippen molar-refractivity contribution >= 4 is 0 Å². The van der Waals surface area contributed by atoms with E-state index in [1.807, 2.05) is 0 Å². The van der Waals surface area contributed by atoms with Crippen LogP contribution in [0.15, 0.2) is 18.2 Å². The molecule has 1 aromatic rings. The van der Waals surface area contributed by atoms with E-state index in [1.165, 1.54) is 19.2 Å². The summed E-state index contributed by atoms with van der Waals surface area (Å²) in [6.45, 7) is 1.48. The molecule has 0 amide bonds. The van der Waals surface area contributed by atoms with Crippen LogP contribution in [0.2, 0.25) is 0 Å². The number of nitrogens with one attached hydrogen (secondary N) is 1. The van der Waals surface area contributed by atoms with Crippen molar-refractivity contribution in [2.75, 3.05) is 13.7 Å². The van der Waals surface area contributed by atoms with Crippen LogP contribution in [0.1, 0.15) is 24.9 Å². The van der Waals surface area contributed by atoms with Crippen molar-refractivity contribution in [2.24, 2.45) is 0 Å². The standard InChI is InChI=1S/C12H15F4NO/c1-8(17-6-5-12(14,15)16)9-3-4-11(18-2)10(13)7-9/h3-4,7-8,17H,5-6H2,1-2H3. The van der Waals surface area contributed by atoms with Crippen molar-refractivity contribution in [2.45, 2.75) is 25.6 Å². The topological polar surface area (TPSA) is 21.3 Å². The number of ether oxygens (including phenoxy) is 1. The Hall–Kier alpha value is -1.30. The minimum absolute atomic E-state index is 0.112. The van der Waals surface area contributed by atoms with Gasteiger partial charge in [0.25, 0.3) is 0 Å². The minimum Gasteiger partial charge on any atom is -0.494 e. The van der Waals surface area contributed by atoms with Crippen molar-refractivity contribution in [3.8, 4) is 5.75 Å². The quantitative estimate of drug-likeness (QED) is 0.823. The second-order valence-electron chi connectivity index (χ2n) is 3.93. The van der Waals surface area contributed by atoms with Crippen molar-refractivity contribution in [3.63, 3.8) is 0 Å². The van der Waals surface area contributed by atoms with Gasteiger partial charge in [-0.15, -0.1) is 0 Å². The number of hydrogen-bond acceptors (Lipinski definition) is 2. The fraction of sp³-hybridized carbons (Fsp3) is 0.500. The molecule has 0 radical (unpaired) electrons. The molecule has 6 heteroatoms. The largest absolute Gasteiger partial charge is 0.494 e. The van der Waals surface area contributed by atoms with E-state index >= 15 is 0 Å². The van der Waals surface area contributed by atoms with Crippen LogP contribution in [0.5, 0.6) is 5.75 Å². The molecule has 102 valence electrons. The first-order valence-electron chi connectivity index (χ1n) is 5.47. The van der Waals surface area contributed by atoms with Crippen LogP contribution in [0.4, 0.5) is 17.6 Å². The number of benzene rings is 1. The maximum Gasteiger partial charge on any atom is 0.390 e. The molecule has 0 aliphatic heterocycles. The zero-order valence-electron chi connectivity index (χ0n) is 10.1. The summed E-state index contributed by atoms with van der Waals surface area (Å²) in [5, 5.41) is 2.69. The maximum atomic E-state index is 13.4. The molecule has 1 aromatic carbocycles. The lowest BCUT2D eigenvalue weighted by molar-refractivity contribution is -0.133. The van der Waals surface area contributed by atoms with Crippen molar-refractivity contribution in [1.82, 2.24) is 5.32 Å². The monoisotopic (exact) mass is 265 g/mol. The zero-order chi connectivity index (χ0) is 13.8. The number of alkyl halides is 3. The van der Waals surface area contributed by atoms with Gasteiger partial charge in [-0.1, -0.05) is 6.07 Å². The molecule has 0 spiro atoms. The molecular weight excluding hydrogens is 250 g/mol. The van der Waals surface area contributed by atoms with Crippen LogP contribution < -0.4 is 10.1 Å². The molecular formula is C12H15F4NO. The average Bonchev–Trinajstić information content (AvgIpc) is 2.27. The predicted molar refractivity (Wildman–Crippen MR) is 60.0 cm³/mol. The van der Waals surface area contributed by atoms with Crippen molar-refractivity contribution < 1.29 is 22.3 Å². The van der Waals surface area contributed by atoms with Crippen LogP contribution in [0.25, 0.3) is 0 Å². The fourth-order valence-electron chi connectivity index (χ4n) is 1.50. The summed E-state index contributed by atoms with van der Waals surface area (Å²) in [6, 6.07) is 3.97. The van der Waals surface area contributed by atoms with E-state index in [-0.39, 0.29) is 18.3 Å². The van der Waals surface area contributed by atoms with Crippen LogP contribution in [0.3, 0.4) is 0 Å². The lowest BCUT2D eigenvalue weighted by atomic mass is 10.1. The van der Waals surface area contributed by atoms with E-state index < -0.39 is 18.4 Å². The Labute approximate surface area is 103 Å². The summed E-state index contributed by atoms with van der Waals surface area (Å²) < 4.78 is 54.0. The summed E-state index contributed by atoms with van der Waals surface area (Å²) in [4.78, 5) is 0. The Morgan fingerprint density at radius 3 is 2.50 bits per heavy atom. The number of rotatable bonds is 5. The Bertz CT molecular complexity index is 392. The maximum absolute atomic E-state index is 13.4.